The van der Waals surface area contributed by atoms with Crippen molar-refractivity contribution in [2.45, 2.75) is 18.3 Å². The van der Waals surface area contributed by atoms with Crippen LogP contribution in [0.5, 0.6) is 0 Å². The number of hydrogen-bond acceptors (Lipinski definition) is 3. The van der Waals surface area contributed by atoms with Crippen molar-refractivity contribution >= 4 is 5.91 Å². The second-order valence-corrected chi connectivity index (χ2v) is 5.82. The van der Waals surface area contributed by atoms with Crippen molar-refractivity contribution in [2.75, 3.05) is 33.2 Å². The topological polar surface area (TPSA) is 35.6 Å². The van der Waals surface area contributed by atoms with Gasteiger partial charge in [0, 0.05) is 26.2 Å². The summed E-state index contributed by atoms with van der Waals surface area (Å²) in [6.07, 6.45) is 1.69. The van der Waals surface area contributed by atoms with E-state index in [0.717, 1.165) is 44.6 Å². The average molecular weight is 277 g/mol. The Morgan fingerprint density at radius 2 is 1.75 bits per heavy atom. The highest BCUT2D eigenvalue weighted by Gasteiger charge is 2.51. The van der Waals surface area contributed by atoms with Crippen LogP contribution in [0.25, 0.3) is 0 Å². The SMILES string of the molecule is CN1CCN(NC(=O)C2(c3ccc(F)cc3)CC2)CC1. The lowest BCUT2D eigenvalue weighted by molar-refractivity contribution is -0.129. The Balaban J connectivity index is 1.66. The largest absolute Gasteiger partial charge is 0.304 e. The highest BCUT2D eigenvalue weighted by atomic mass is 19.1. The van der Waals surface area contributed by atoms with Gasteiger partial charge in [0.2, 0.25) is 5.91 Å². The van der Waals surface area contributed by atoms with Gasteiger partial charge in [-0.25, -0.2) is 9.40 Å². The maximum Gasteiger partial charge on any atom is 0.244 e. The van der Waals surface area contributed by atoms with Crippen LogP contribution in [0.15, 0.2) is 24.3 Å². The first-order chi connectivity index (χ1) is 9.60. The van der Waals surface area contributed by atoms with Crippen LogP contribution in [0.3, 0.4) is 0 Å². The van der Waals surface area contributed by atoms with Gasteiger partial charge in [0.15, 0.2) is 0 Å². The fourth-order valence-corrected chi connectivity index (χ4v) is 2.71. The van der Waals surface area contributed by atoms with E-state index >= 15 is 0 Å². The Hall–Kier alpha value is -1.46. The van der Waals surface area contributed by atoms with Crippen LogP contribution in [0.2, 0.25) is 0 Å². The number of benzene rings is 1. The standard InChI is InChI=1S/C15H20FN3O/c1-18-8-10-19(11-9-18)17-14(20)15(6-7-15)12-2-4-13(16)5-3-12/h2-5H,6-11H2,1H3,(H,17,20). The van der Waals surface area contributed by atoms with Gasteiger partial charge in [0.1, 0.15) is 5.82 Å². The van der Waals surface area contributed by atoms with Crippen LogP contribution in [0, 0.1) is 5.82 Å². The molecule has 1 N–H and O–H groups in total. The number of piperazine rings is 1. The van der Waals surface area contributed by atoms with Gasteiger partial charge in [0.25, 0.3) is 0 Å². The zero-order valence-corrected chi connectivity index (χ0v) is 11.7. The lowest BCUT2D eigenvalue weighted by atomic mass is 9.95. The summed E-state index contributed by atoms with van der Waals surface area (Å²) in [5, 5.41) is 1.99. The van der Waals surface area contributed by atoms with E-state index in [0.29, 0.717) is 0 Å². The number of nitrogens with one attached hydrogen (secondary N) is 1. The predicted octanol–water partition coefficient (Wildman–Crippen LogP) is 1.14. The van der Waals surface area contributed by atoms with Gasteiger partial charge >= 0.3 is 0 Å². The van der Waals surface area contributed by atoms with Crippen LogP contribution in [-0.4, -0.2) is 49.0 Å². The number of carbonyl (C=O) groups is 1. The zero-order valence-electron chi connectivity index (χ0n) is 11.7. The Bertz CT molecular complexity index is 490. The summed E-state index contributed by atoms with van der Waals surface area (Å²) in [7, 11) is 2.08. The molecule has 108 valence electrons. The molecule has 0 aromatic heterocycles. The van der Waals surface area contributed by atoms with Gasteiger partial charge < -0.3 is 4.90 Å². The fraction of sp³-hybridized carbons (Fsp3) is 0.533. The Kier molecular flexibility index (Phi) is 3.48. The molecule has 1 aliphatic carbocycles. The molecule has 0 radical (unpaired) electrons. The molecule has 5 heteroatoms. The first-order valence-corrected chi connectivity index (χ1v) is 7.11. The molecule has 1 amide bonds. The van der Waals surface area contributed by atoms with E-state index in [1.165, 1.54) is 12.1 Å². The molecule has 2 aliphatic rings. The lowest BCUT2D eigenvalue weighted by Gasteiger charge is -2.33. The molecule has 0 unspecified atom stereocenters. The maximum absolute atomic E-state index is 13.0. The van der Waals surface area contributed by atoms with Crippen molar-refractivity contribution < 1.29 is 9.18 Å². The normalized spacial score (nSPS) is 22.5. The van der Waals surface area contributed by atoms with Gasteiger partial charge in [-0.15, -0.1) is 0 Å². The Morgan fingerprint density at radius 3 is 2.30 bits per heavy atom. The summed E-state index contributed by atoms with van der Waals surface area (Å²) in [6, 6.07) is 6.31. The summed E-state index contributed by atoms with van der Waals surface area (Å²) in [5.74, 6) is -0.210. The van der Waals surface area contributed by atoms with Gasteiger partial charge in [0.05, 0.1) is 5.41 Å². The molecule has 0 spiro atoms. The molecule has 1 aromatic carbocycles. The first kappa shape index (κ1) is 13.5. The predicted molar refractivity (Wildman–Crippen MR) is 74.5 cm³/mol. The molecular formula is C15H20FN3O. The number of hydrogen-bond donors (Lipinski definition) is 1. The summed E-state index contributed by atoms with van der Waals surface area (Å²) in [4.78, 5) is 14.7. The van der Waals surface area contributed by atoms with E-state index in [9.17, 15) is 9.18 Å². The van der Waals surface area contributed by atoms with E-state index in [4.69, 9.17) is 0 Å². The number of likely N-dealkylation sites (N-methyl/N-ethyl adjacent to an activating group) is 1. The summed E-state index contributed by atoms with van der Waals surface area (Å²) in [6.45, 7) is 3.62. The average Bonchev–Trinajstić information content (AvgIpc) is 3.24. The zero-order chi connectivity index (χ0) is 14.2. The molecule has 3 rings (SSSR count). The molecule has 0 atom stereocenters. The summed E-state index contributed by atoms with van der Waals surface area (Å²) < 4.78 is 13.0. The molecule has 1 saturated carbocycles. The van der Waals surface area contributed by atoms with Crippen LogP contribution in [0.1, 0.15) is 18.4 Å². The molecule has 0 bridgehead atoms. The van der Waals surface area contributed by atoms with Crippen molar-refractivity contribution in [3.05, 3.63) is 35.6 Å². The smallest absolute Gasteiger partial charge is 0.244 e. The lowest BCUT2D eigenvalue weighted by Crippen LogP contribution is -2.54. The molecule has 2 fully saturated rings. The number of hydrazine groups is 1. The molecule has 4 nitrogen and oxygen atoms in total. The third-order valence-corrected chi connectivity index (χ3v) is 4.34. The van der Waals surface area contributed by atoms with E-state index in [-0.39, 0.29) is 11.7 Å². The van der Waals surface area contributed by atoms with Crippen LogP contribution in [-0.2, 0) is 10.2 Å². The van der Waals surface area contributed by atoms with E-state index in [2.05, 4.69) is 17.4 Å². The highest BCUT2D eigenvalue weighted by Crippen LogP contribution is 2.48. The Morgan fingerprint density at radius 1 is 1.15 bits per heavy atom. The summed E-state index contributed by atoms with van der Waals surface area (Å²) in [5.41, 5.74) is 3.52. The minimum Gasteiger partial charge on any atom is -0.304 e. The van der Waals surface area contributed by atoms with Gasteiger partial charge in [-0.2, -0.15) is 0 Å². The van der Waals surface area contributed by atoms with E-state index in [1.54, 1.807) is 12.1 Å². The van der Waals surface area contributed by atoms with Crippen molar-refractivity contribution in [1.29, 1.82) is 0 Å². The number of halogens is 1. The van der Waals surface area contributed by atoms with Crippen molar-refractivity contribution in [2.24, 2.45) is 0 Å². The first-order valence-electron chi connectivity index (χ1n) is 7.11. The number of nitrogens with zero attached hydrogens (tertiary/aromatic N) is 2. The third-order valence-electron chi connectivity index (χ3n) is 4.34. The van der Waals surface area contributed by atoms with Crippen LogP contribution < -0.4 is 5.43 Å². The number of rotatable bonds is 3. The molecule has 1 heterocycles. The van der Waals surface area contributed by atoms with Gasteiger partial charge in [-0.3, -0.25) is 10.2 Å². The Labute approximate surface area is 118 Å². The van der Waals surface area contributed by atoms with Gasteiger partial charge in [-0.05, 0) is 37.6 Å². The molecule has 1 aromatic rings. The maximum atomic E-state index is 13.0. The number of amides is 1. The minimum atomic E-state index is -0.433. The molecular weight excluding hydrogens is 257 g/mol. The summed E-state index contributed by atoms with van der Waals surface area (Å²) >= 11 is 0. The van der Waals surface area contributed by atoms with E-state index in [1.807, 2.05) is 5.01 Å². The molecule has 1 saturated heterocycles. The third kappa shape index (κ3) is 2.55. The second kappa shape index (κ2) is 5.14. The quantitative estimate of drug-likeness (QED) is 0.900. The highest BCUT2D eigenvalue weighted by molar-refractivity contribution is 5.90. The fourth-order valence-electron chi connectivity index (χ4n) is 2.71. The minimum absolute atomic E-state index is 0.0497. The van der Waals surface area contributed by atoms with E-state index < -0.39 is 5.41 Å². The second-order valence-electron chi connectivity index (χ2n) is 5.82. The van der Waals surface area contributed by atoms with Crippen molar-refractivity contribution in [3.8, 4) is 0 Å². The van der Waals surface area contributed by atoms with Gasteiger partial charge in [-0.1, -0.05) is 12.1 Å². The van der Waals surface area contributed by atoms with Crippen LogP contribution >= 0.6 is 0 Å². The van der Waals surface area contributed by atoms with Crippen molar-refractivity contribution in [3.63, 3.8) is 0 Å². The van der Waals surface area contributed by atoms with Crippen LogP contribution in [0.4, 0.5) is 4.39 Å². The molecule has 20 heavy (non-hydrogen) atoms. The number of carbonyl (C=O) groups excluding carboxylic acids is 1. The van der Waals surface area contributed by atoms with Crippen molar-refractivity contribution in [1.82, 2.24) is 15.3 Å². The molecule has 1 aliphatic heterocycles. The monoisotopic (exact) mass is 277 g/mol.